The molecule has 0 amide bonds. The second kappa shape index (κ2) is 6.92. The highest BCUT2D eigenvalue weighted by Crippen LogP contribution is 2.37. The van der Waals surface area contributed by atoms with Crippen LogP contribution in [0.5, 0.6) is 11.5 Å². The molecule has 1 aliphatic rings. The molecule has 0 atom stereocenters. The van der Waals surface area contributed by atoms with Gasteiger partial charge in [-0.05, 0) is 12.1 Å². The van der Waals surface area contributed by atoms with E-state index in [1.165, 1.54) is 0 Å². The standard InChI is InChI=1S/C21H21N3O4/c1-26-19-17-18-15(6-7-22-17)14-4-2-3-5-16(14)24(18)21(25)20(19)28-13-10-23-8-11-27-12-9-23/h2-7H,8-13H2,1H3. The molecule has 0 unspecified atom stereocenters. The van der Waals surface area contributed by atoms with Crippen LogP contribution in [0.25, 0.3) is 27.3 Å². The molecule has 7 heteroatoms. The first-order valence-corrected chi connectivity index (χ1v) is 9.44. The van der Waals surface area contributed by atoms with Gasteiger partial charge < -0.3 is 14.2 Å². The summed E-state index contributed by atoms with van der Waals surface area (Å²) in [6.45, 7) is 4.35. The molecule has 0 N–H and O–H groups in total. The molecule has 5 rings (SSSR count). The SMILES string of the molecule is COc1c(OCCN2CCOCC2)c(=O)n2c3ccccc3c3ccnc1c32. The molecule has 1 aliphatic heterocycles. The fourth-order valence-electron chi connectivity index (χ4n) is 4.02. The molecule has 28 heavy (non-hydrogen) atoms. The maximum absolute atomic E-state index is 13.4. The first kappa shape index (κ1) is 17.2. The number of pyridine rings is 2. The molecule has 0 aliphatic carbocycles. The van der Waals surface area contributed by atoms with Crippen molar-refractivity contribution in [3.05, 3.63) is 46.9 Å². The molecule has 144 valence electrons. The van der Waals surface area contributed by atoms with Gasteiger partial charge in [0, 0.05) is 36.6 Å². The van der Waals surface area contributed by atoms with Crippen LogP contribution in [-0.2, 0) is 4.74 Å². The summed E-state index contributed by atoms with van der Waals surface area (Å²) >= 11 is 0. The number of nitrogens with zero attached hydrogens (tertiary/aromatic N) is 3. The summed E-state index contributed by atoms with van der Waals surface area (Å²) in [6, 6.07) is 9.79. The minimum Gasteiger partial charge on any atom is -0.491 e. The van der Waals surface area contributed by atoms with Gasteiger partial charge in [-0.2, -0.15) is 0 Å². The van der Waals surface area contributed by atoms with Gasteiger partial charge in [0.15, 0.2) is 5.75 Å². The number of methoxy groups -OCH3 is 1. The third-order valence-corrected chi connectivity index (χ3v) is 5.36. The number of benzene rings is 1. The van der Waals surface area contributed by atoms with Gasteiger partial charge in [0.1, 0.15) is 12.1 Å². The number of hydrogen-bond donors (Lipinski definition) is 0. The van der Waals surface area contributed by atoms with Gasteiger partial charge in [0.05, 0.1) is 31.4 Å². The van der Waals surface area contributed by atoms with E-state index in [2.05, 4.69) is 9.88 Å². The minimum absolute atomic E-state index is 0.213. The molecule has 7 nitrogen and oxygen atoms in total. The van der Waals surface area contributed by atoms with Crippen molar-refractivity contribution < 1.29 is 14.2 Å². The molecule has 0 bridgehead atoms. The number of aromatic nitrogens is 2. The lowest BCUT2D eigenvalue weighted by atomic mass is 10.2. The van der Waals surface area contributed by atoms with Crippen LogP contribution in [0.1, 0.15) is 0 Å². The summed E-state index contributed by atoms with van der Waals surface area (Å²) in [7, 11) is 1.55. The highest BCUT2D eigenvalue weighted by atomic mass is 16.5. The predicted octanol–water partition coefficient (Wildman–Crippen LogP) is 2.16. The summed E-state index contributed by atoms with van der Waals surface area (Å²) in [6.07, 6.45) is 1.74. The third-order valence-electron chi connectivity index (χ3n) is 5.36. The van der Waals surface area contributed by atoms with Gasteiger partial charge >= 0.3 is 5.56 Å². The molecule has 3 aromatic heterocycles. The molecule has 1 saturated heterocycles. The molecule has 1 fully saturated rings. The first-order valence-electron chi connectivity index (χ1n) is 9.44. The largest absolute Gasteiger partial charge is 0.491 e. The van der Waals surface area contributed by atoms with E-state index in [1.807, 2.05) is 30.3 Å². The first-order chi connectivity index (χ1) is 13.8. The van der Waals surface area contributed by atoms with Gasteiger partial charge in [0.25, 0.3) is 0 Å². The van der Waals surface area contributed by atoms with Crippen LogP contribution in [0.15, 0.2) is 41.3 Å². The average molecular weight is 379 g/mol. The fraction of sp³-hybridized carbons (Fsp3) is 0.333. The fourth-order valence-corrected chi connectivity index (χ4v) is 4.02. The van der Waals surface area contributed by atoms with Gasteiger partial charge in [-0.15, -0.1) is 0 Å². The Hall–Kier alpha value is -2.90. The molecule has 4 heterocycles. The number of ether oxygens (including phenoxy) is 3. The van der Waals surface area contributed by atoms with E-state index in [-0.39, 0.29) is 11.3 Å². The van der Waals surface area contributed by atoms with Crippen molar-refractivity contribution in [3.63, 3.8) is 0 Å². The number of morpholine rings is 1. The summed E-state index contributed by atoms with van der Waals surface area (Å²) in [5, 5.41) is 2.00. The van der Waals surface area contributed by atoms with E-state index in [1.54, 1.807) is 17.7 Å². The Kier molecular flexibility index (Phi) is 4.26. The molecular formula is C21H21N3O4. The van der Waals surface area contributed by atoms with Crippen LogP contribution in [0.3, 0.4) is 0 Å². The summed E-state index contributed by atoms with van der Waals surface area (Å²) in [4.78, 5) is 20.1. The van der Waals surface area contributed by atoms with E-state index in [4.69, 9.17) is 14.2 Å². The monoisotopic (exact) mass is 379 g/mol. The van der Waals surface area contributed by atoms with Crippen molar-refractivity contribution in [1.82, 2.24) is 14.3 Å². The number of hydrogen-bond acceptors (Lipinski definition) is 6. The Morgan fingerprint density at radius 1 is 1.11 bits per heavy atom. The molecular weight excluding hydrogens is 358 g/mol. The van der Waals surface area contributed by atoms with Crippen molar-refractivity contribution in [2.75, 3.05) is 46.6 Å². The van der Waals surface area contributed by atoms with Crippen LogP contribution >= 0.6 is 0 Å². The molecule has 1 aromatic carbocycles. The van der Waals surface area contributed by atoms with Crippen LogP contribution in [0, 0.1) is 0 Å². The van der Waals surface area contributed by atoms with Crippen LogP contribution in [0.2, 0.25) is 0 Å². The van der Waals surface area contributed by atoms with Gasteiger partial charge in [-0.25, -0.2) is 0 Å². The second-order valence-electron chi connectivity index (χ2n) is 6.88. The van der Waals surface area contributed by atoms with Crippen molar-refractivity contribution >= 4 is 27.3 Å². The normalized spacial score (nSPS) is 15.6. The number of para-hydroxylation sites is 1. The zero-order valence-electron chi connectivity index (χ0n) is 15.7. The quantitative estimate of drug-likeness (QED) is 0.529. The smallest absolute Gasteiger partial charge is 0.302 e. The van der Waals surface area contributed by atoms with Crippen LogP contribution in [0.4, 0.5) is 0 Å². The number of fused-ring (bicyclic) bond motifs is 3. The van der Waals surface area contributed by atoms with Gasteiger partial charge in [-0.1, -0.05) is 18.2 Å². The topological polar surface area (TPSA) is 65.3 Å². The molecule has 0 spiro atoms. The third kappa shape index (κ3) is 2.58. The Bertz CT molecular complexity index is 1200. The summed E-state index contributed by atoms with van der Waals surface area (Å²) in [5.74, 6) is 0.609. The Morgan fingerprint density at radius 2 is 1.93 bits per heavy atom. The van der Waals surface area contributed by atoms with Crippen molar-refractivity contribution in [3.8, 4) is 11.5 Å². The van der Waals surface area contributed by atoms with Crippen LogP contribution < -0.4 is 15.0 Å². The van der Waals surface area contributed by atoms with Crippen molar-refractivity contribution in [1.29, 1.82) is 0 Å². The average Bonchev–Trinajstić information content (AvgIpc) is 3.08. The van der Waals surface area contributed by atoms with Gasteiger partial charge in [0.2, 0.25) is 5.75 Å². The predicted molar refractivity (Wildman–Crippen MR) is 107 cm³/mol. The lowest BCUT2D eigenvalue weighted by molar-refractivity contribution is 0.0320. The van der Waals surface area contributed by atoms with Crippen molar-refractivity contribution in [2.24, 2.45) is 0 Å². The molecule has 0 saturated carbocycles. The van der Waals surface area contributed by atoms with Crippen molar-refractivity contribution in [2.45, 2.75) is 0 Å². The minimum atomic E-state index is -0.217. The molecule has 4 aromatic rings. The number of rotatable bonds is 5. The van der Waals surface area contributed by atoms with E-state index >= 15 is 0 Å². The lowest BCUT2D eigenvalue weighted by Gasteiger charge is -2.26. The van der Waals surface area contributed by atoms with E-state index < -0.39 is 0 Å². The highest BCUT2D eigenvalue weighted by molar-refractivity contribution is 6.14. The van der Waals surface area contributed by atoms with E-state index in [9.17, 15) is 4.79 Å². The second-order valence-corrected chi connectivity index (χ2v) is 6.88. The highest BCUT2D eigenvalue weighted by Gasteiger charge is 2.23. The lowest BCUT2D eigenvalue weighted by Crippen LogP contribution is -2.39. The van der Waals surface area contributed by atoms with E-state index in [0.717, 1.165) is 54.7 Å². The summed E-state index contributed by atoms with van der Waals surface area (Å²) < 4.78 is 18.6. The van der Waals surface area contributed by atoms with Gasteiger partial charge in [-0.3, -0.25) is 19.1 Å². The van der Waals surface area contributed by atoms with Crippen LogP contribution in [-0.4, -0.2) is 60.8 Å². The van der Waals surface area contributed by atoms with E-state index in [0.29, 0.717) is 17.9 Å². The zero-order valence-corrected chi connectivity index (χ0v) is 15.7. The maximum atomic E-state index is 13.4. The maximum Gasteiger partial charge on any atom is 0.302 e. The zero-order chi connectivity index (χ0) is 19.1. The Balaban J connectivity index is 1.63. The molecule has 0 radical (unpaired) electrons. The Labute approximate surface area is 161 Å². The summed E-state index contributed by atoms with van der Waals surface area (Å²) in [5.41, 5.74) is 2.04. The Morgan fingerprint density at radius 3 is 2.75 bits per heavy atom.